The van der Waals surface area contributed by atoms with E-state index in [2.05, 4.69) is 29.6 Å². The highest BCUT2D eigenvalue weighted by Gasteiger charge is 2.15. The third-order valence-corrected chi connectivity index (χ3v) is 5.12. The standard InChI is InChI=1S/C21H21NO3S/c1-14(26-20-9-8-15-6-4-5-7-16(15)10-20)21(23)22-17-11-18(24-2)13-19(12-17)25-3/h4-14H,1-3H3,(H,22,23)/t14-/m0/s1. The van der Waals surface area contributed by atoms with Crippen molar-refractivity contribution in [1.29, 1.82) is 0 Å². The van der Waals surface area contributed by atoms with E-state index in [1.165, 1.54) is 22.5 Å². The van der Waals surface area contributed by atoms with Crippen molar-refractivity contribution < 1.29 is 14.3 Å². The van der Waals surface area contributed by atoms with Crippen LogP contribution in [0.1, 0.15) is 6.92 Å². The van der Waals surface area contributed by atoms with Gasteiger partial charge in [0.25, 0.3) is 0 Å². The second kappa shape index (κ2) is 8.15. The van der Waals surface area contributed by atoms with Crippen LogP contribution in [0.5, 0.6) is 11.5 Å². The molecule has 134 valence electrons. The lowest BCUT2D eigenvalue weighted by Crippen LogP contribution is -2.22. The van der Waals surface area contributed by atoms with E-state index in [1.54, 1.807) is 32.4 Å². The molecular weight excluding hydrogens is 346 g/mol. The van der Waals surface area contributed by atoms with Crippen LogP contribution in [-0.4, -0.2) is 25.4 Å². The molecule has 0 fully saturated rings. The summed E-state index contributed by atoms with van der Waals surface area (Å²) in [6.45, 7) is 1.90. The Morgan fingerprint density at radius 1 is 0.923 bits per heavy atom. The number of hydrogen-bond acceptors (Lipinski definition) is 4. The van der Waals surface area contributed by atoms with Gasteiger partial charge in [-0.3, -0.25) is 4.79 Å². The van der Waals surface area contributed by atoms with Gasteiger partial charge >= 0.3 is 0 Å². The van der Waals surface area contributed by atoms with E-state index in [0.29, 0.717) is 17.2 Å². The van der Waals surface area contributed by atoms with Crippen molar-refractivity contribution in [3.63, 3.8) is 0 Å². The van der Waals surface area contributed by atoms with Crippen molar-refractivity contribution in [2.24, 2.45) is 0 Å². The molecule has 0 saturated carbocycles. The quantitative estimate of drug-likeness (QED) is 0.625. The van der Waals surface area contributed by atoms with E-state index >= 15 is 0 Å². The van der Waals surface area contributed by atoms with Crippen LogP contribution in [0, 0.1) is 0 Å². The van der Waals surface area contributed by atoms with E-state index in [1.807, 2.05) is 25.1 Å². The highest BCUT2D eigenvalue weighted by molar-refractivity contribution is 8.00. The number of benzene rings is 3. The molecule has 0 radical (unpaired) electrons. The van der Waals surface area contributed by atoms with Gasteiger partial charge in [-0.15, -0.1) is 11.8 Å². The Morgan fingerprint density at radius 3 is 2.23 bits per heavy atom. The molecule has 0 spiro atoms. The molecule has 1 N–H and O–H groups in total. The van der Waals surface area contributed by atoms with E-state index in [-0.39, 0.29) is 11.2 Å². The molecule has 3 aromatic carbocycles. The third kappa shape index (κ3) is 4.29. The molecule has 0 aliphatic rings. The fourth-order valence-electron chi connectivity index (χ4n) is 2.62. The SMILES string of the molecule is COc1cc(NC(=O)[C@H](C)Sc2ccc3ccccc3c2)cc(OC)c1. The summed E-state index contributed by atoms with van der Waals surface area (Å²) in [5.74, 6) is 1.20. The Morgan fingerprint density at radius 2 is 1.58 bits per heavy atom. The van der Waals surface area contributed by atoms with E-state index in [0.717, 1.165) is 4.90 Å². The molecule has 3 rings (SSSR count). The third-order valence-electron chi connectivity index (χ3n) is 4.02. The molecule has 0 aliphatic carbocycles. The molecule has 0 saturated heterocycles. The second-order valence-electron chi connectivity index (χ2n) is 5.86. The van der Waals surface area contributed by atoms with Gasteiger partial charge in [-0.25, -0.2) is 0 Å². The number of hydrogen-bond donors (Lipinski definition) is 1. The van der Waals surface area contributed by atoms with Gasteiger partial charge in [-0.05, 0) is 29.8 Å². The summed E-state index contributed by atoms with van der Waals surface area (Å²) in [6.07, 6.45) is 0. The summed E-state index contributed by atoms with van der Waals surface area (Å²) in [5.41, 5.74) is 0.650. The molecule has 0 bridgehead atoms. The second-order valence-corrected chi connectivity index (χ2v) is 7.27. The van der Waals surface area contributed by atoms with Crippen LogP contribution in [-0.2, 0) is 4.79 Å². The number of rotatable bonds is 6. The monoisotopic (exact) mass is 367 g/mol. The fourth-order valence-corrected chi connectivity index (χ4v) is 3.54. The topological polar surface area (TPSA) is 47.6 Å². The number of nitrogens with one attached hydrogen (secondary N) is 1. The van der Waals surface area contributed by atoms with Gasteiger partial charge in [0.05, 0.1) is 19.5 Å². The van der Waals surface area contributed by atoms with Crippen LogP contribution in [0.2, 0.25) is 0 Å². The largest absolute Gasteiger partial charge is 0.497 e. The summed E-state index contributed by atoms with van der Waals surface area (Å²) in [6, 6.07) is 19.7. The van der Waals surface area contributed by atoms with E-state index in [4.69, 9.17) is 9.47 Å². The van der Waals surface area contributed by atoms with Gasteiger partial charge in [0.2, 0.25) is 5.91 Å². The average Bonchev–Trinajstić information content (AvgIpc) is 2.67. The van der Waals surface area contributed by atoms with E-state index < -0.39 is 0 Å². The molecule has 0 aliphatic heterocycles. The normalized spacial score (nSPS) is 11.8. The molecule has 3 aromatic rings. The van der Waals surface area contributed by atoms with Gasteiger partial charge in [-0.2, -0.15) is 0 Å². The molecule has 4 nitrogen and oxygen atoms in total. The maximum atomic E-state index is 12.6. The van der Waals surface area contributed by atoms with Gasteiger partial charge in [0.15, 0.2) is 0 Å². The van der Waals surface area contributed by atoms with Crippen LogP contribution in [0.25, 0.3) is 10.8 Å². The molecule has 1 amide bonds. The zero-order chi connectivity index (χ0) is 18.5. The minimum Gasteiger partial charge on any atom is -0.497 e. The van der Waals surface area contributed by atoms with E-state index in [9.17, 15) is 4.79 Å². The lowest BCUT2D eigenvalue weighted by Gasteiger charge is -2.14. The minimum atomic E-state index is -0.242. The first-order valence-electron chi connectivity index (χ1n) is 8.28. The maximum Gasteiger partial charge on any atom is 0.237 e. The molecule has 0 unspecified atom stereocenters. The molecule has 1 atom stereocenters. The predicted molar refractivity (Wildman–Crippen MR) is 107 cm³/mol. The summed E-state index contributed by atoms with van der Waals surface area (Å²) < 4.78 is 10.5. The Bertz CT molecular complexity index is 904. The summed E-state index contributed by atoms with van der Waals surface area (Å²) in [7, 11) is 3.16. The number of methoxy groups -OCH3 is 2. The lowest BCUT2D eigenvalue weighted by molar-refractivity contribution is -0.115. The smallest absolute Gasteiger partial charge is 0.237 e. The highest BCUT2D eigenvalue weighted by Crippen LogP contribution is 2.29. The number of ether oxygens (including phenoxy) is 2. The van der Waals surface area contributed by atoms with Crippen molar-refractivity contribution in [3.05, 3.63) is 60.7 Å². The van der Waals surface area contributed by atoms with Crippen molar-refractivity contribution >= 4 is 34.1 Å². The number of thioether (sulfide) groups is 1. The van der Waals surface area contributed by atoms with Gasteiger partial charge in [-0.1, -0.05) is 30.3 Å². The first kappa shape index (κ1) is 18.1. The number of fused-ring (bicyclic) bond motifs is 1. The molecule has 26 heavy (non-hydrogen) atoms. The average molecular weight is 367 g/mol. The number of anilines is 1. The van der Waals surface area contributed by atoms with Crippen LogP contribution >= 0.6 is 11.8 Å². The van der Waals surface area contributed by atoms with Crippen molar-refractivity contribution in [2.45, 2.75) is 17.1 Å². The summed E-state index contributed by atoms with van der Waals surface area (Å²) in [5, 5.41) is 5.05. The molecule has 0 aromatic heterocycles. The minimum absolute atomic E-state index is 0.0709. The zero-order valence-electron chi connectivity index (χ0n) is 15.0. The Kier molecular flexibility index (Phi) is 5.68. The van der Waals surface area contributed by atoms with Crippen LogP contribution in [0.4, 0.5) is 5.69 Å². The predicted octanol–water partition coefficient (Wildman–Crippen LogP) is 4.98. The zero-order valence-corrected chi connectivity index (χ0v) is 15.8. The molecular formula is C21H21NO3S. The van der Waals surface area contributed by atoms with Gasteiger partial charge < -0.3 is 14.8 Å². The van der Waals surface area contributed by atoms with Crippen LogP contribution in [0.3, 0.4) is 0 Å². The van der Waals surface area contributed by atoms with Gasteiger partial charge in [0, 0.05) is 28.8 Å². The Hall–Kier alpha value is -2.66. The van der Waals surface area contributed by atoms with Gasteiger partial charge in [0.1, 0.15) is 11.5 Å². The maximum absolute atomic E-state index is 12.6. The van der Waals surface area contributed by atoms with Crippen molar-refractivity contribution in [3.8, 4) is 11.5 Å². The lowest BCUT2D eigenvalue weighted by atomic mass is 10.1. The Balaban J connectivity index is 1.71. The Labute approximate surface area is 157 Å². The van der Waals surface area contributed by atoms with Crippen molar-refractivity contribution in [1.82, 2.24) is 0 Å². The summed E-state index contributed by atoms with van der Waals surface area (Å²) >= 11 is 1.53. The summed E-state index contributed by atoms with van der Waals surface area (Å²) in [4.78, 5) is 13.6. The number of carbonyl (C=O) groups excluding carboxylic acids is 1. The van der Waals surface area contributed by atoms with Crippen LogP contribution < -0.4 is 14.8 Å². The number of carbonyl (C=O) groups is 1. The highest BCUT2D eigenvalue weighted by atomic mass is 32.2. The first-order valence-corrected chi connectivity index (χ1v) is 9.16. The fraction of sp³-hybridized carbons (Fsp3) is 0.190. The first-order chi connectivity index (χ1) is 12.6. The van der Waals surface area contributed by atoms with Crippen molar-refractivity contribution in [2.75, 3.05) is 19.5 Å². The van der Waals surface area contributed by atoms with Crippen LogP contribution in [0.15, 0.2) is 65.6 Å². The number of amides is 1. The molecule has 0 heterocycles. The molecule has 5 heteroatoms.